The van der Waals surface area contributed by atoms with E-state index >= 15 is 0 Å². The van der Waals surface area contributed by atoms with E-state index in [2.05, 4.69) is 6.92 Å². The van der Waals surface area contributed by atoms with E-state index in [0.29, 0.717) is 6.42 Å². The molecule has 0 aromatic heterocycles. The molecule has 1 N–H and O–H groups in total. The molecule has 0 aliphatic rings. The molecule has 0 saturated heterocycles. The van der Waals surface area contributed by atoms with Gasteiger partial charge in [-0.2, -0.15) is 0 Å². The molecule has 1 atom stereocenters. The number of hydrogen-bond donors (Lipinski definition) is 1. The van der Waals surface area contributed by atoms with Gasteiger partial charge in [0, 0.05) is 6.21 Å². The third-order valence-electron chi connectivity index (χ3n) is 0.457. The van der Waals surface area contributed by atoms with Gasteiger partial charge in [0.2, 0.25) is 0 Å². The van der Waals surface area contributed by atoms with Gasteiger partial charge >= 0.3 is 0 Å². The molecule has 0 amide bonds. The number of alkyl halides is 1. The van der Waals surface area contributed by atoms with Crippen LogP contribution in [0, 0.1) is 12.3 Å². The van der Waals surface area contributed by atoms with Gasteiger partial charge in [0.15, 0.2) is 0 Å². The normalized spacial score (nSPS) is 13.7. The molecule has 0 aliphatic heterocycles. The lowest BCUT2D eigenvalue weighted by atomic mass is 10.4. The first-order valence-electron chi connectivity index (χ1n) is 1.75. The Labute approximate surface area is 42.8 Å². The van der Waals surface area contributed by atoms with Crippen molar-refractivity contribution in [1.82, 2.24) is 0 Å². The number of rotatable bonds is 2. The highest BCUT2D eigenvalue weighted by atomic mass is 35.5. The van der Waals surface area contributed by atoms with Crippen LogP contribution in [0.15, 0.2) is 0 Å². The Morgan fingerprint density at radius 2 is 2.50 bits per heavy atom. The maximum Gasteiger partial charge on any atom is 0.0681 e. The van der Waals surface area contributed by atoms with Crippen LogP contribution < -0.4 is 0 Å². The fraction of sp³-hybridized carbons (Fsp3) is 0.500. The standard InChI is InChI=1S/C4H7ClN/c1-2-4(5)3-6/h3-4,6H,1-2H2. The Hall–Kier alpha value is -0.0400. The Balaban J connectivity index is 2.96. The third-order valence-corrected chi connectivity index (χ3v) is 0.801. The minimum Gasteiger partial charge on any atom is -0.312 e. The van der Waals surface area contributed by atoms with Crippen LogP contribution in [-0.4, -0.2) is 11.6 Å². The predicted octanol–water partition coefficient (Wildman–Crippen LogP) is 1.47. The zero-order chi connectivity index (χ0) is 4.99. The average molecular weight is 105 g/mol. The minimum atomic E-state index is -0.162. The second-order valence-corrected chi connectivity index (χ2v) is 1.53. The molecule has 0 aromatic rings. The van der Waals surface area contributed by atoms with Crippen molar-refractivity contribution in [2.75, 3.05) is 0 Å². The third kappa shape index (κ3) is 2.21. The molecule has 1 radical (unpaired) electrons. The first kappa shape index (κ1) is 5.96. The van der Waals surface area contributed by atoms with Gasteiger partial charge in [-0.05, 0) is 6.42 Å². The zero-order valence-electron chi connectivity index (χ0n) is 3.45. The van der Waals surface area contributed by atoms with Crippen LogP contribution in [0.1, 0.15) is 6.42 Å². The van der Waals surface area contributed by atoms with Gasteiger partial charge in [-0.25, -0.2) is 0 Å². The van der Waals surface area contributed by atoms with E-state index < -0.39 is 0 Å². The van der Waals surface area contributed by atoms with Gasteiger partial charge in [0.1, 0.15) is 0 Å². The molecule has 1 nitrogen and oxygen atoms in total. The summed E-state index contributed by atoms with van der Waals surface area (Å²) < 4.78 is 0. The number of hydrogen-bond acceptors (Lipinski definition) is 1. The molecule has 0 spiro atoms. The maximum atomic E-state index is 6.51. The zero-order valence-corrected chi connectivity index (χ0v) is 4.20. The number of halogens is 1. The average Bonchev–Trinajstić information content (AvgIpc) is 1.65. The summed E-state index contributed by atoms with van der Waals surface area (Å²) in [5.74, 6) is 0. The molecule has 2 heteroatoms. The van der Waals surface area contributed by atoms with Crippen molar-refractivity contribution < 1.29 is 0 Å². The molecule has 0 aliphatic carbocycles. The van der Waals surface area contributed by atoms with E-state index in [1.54, 1.807) is 0 Å². The van der Waals surface area contributed by atoms with Crippen LogP contribution in [0.4, 0.5) is 0 Å². The Kier molecular flexibility index (Phi) is 3.14. The lowest BCUT2D eigenvalue weighted by Crippen LogP contribution is -1.93. The summed E-state index contributed by atoms with van der Waals surface area (Å²) in [6, 6.07) is 0. The summed E-state index contributed by atoms with van der Waals surface area (Å²) in [7, 11) is 0. The van der Waals surface area contributed by atoms with Crippen molar-refractivity contribution >= 4 is 17.8 Å². The summed E-state index contributed by atoms with van der Waals surface area (Å²) in [5.41, 5.74) is 0. The van der Waals surface area contributed by atoms with Gasteiger partial charge in [0.25, 0.3) is 0 Å². The highest BCUT2D eigenvalue weighted by Crippen LogP contribution is 1.93. The fourth-order valence-electron chi connectivity index (χ4n) is 0.0833. The van der Waals surface area contributed by atoms with Crippen molar-refractivity contribution in [1.29, 1.82) is 5.41 Å². The smallest absolute Gasteiger partial charge is 0.0681 e. The monoisotopic (exact) mass is 104 g/mol. The van der Waals surface area contributed by atoms with Crippen molar-refractivity contribution in [2.45, 2.75) is 11.8 Å². The molecular formula is C4H7ClN. The van der Waals surface area contributed by atoms with E-state index in [1.807, 2.05) is 0 Å². The molecule has 1 unspecified atom stereocenters. The van der Waals surface area contributed by atoms with Crippen LogP contribution in [-0.2, 0) is 0 Å². The fourth-order valence-corrected chi connectivity index (χ4v) is 0.0833. The maximum absolute atomic E-state index is 6.51. The topological polar surface area (TPSA) is 23.9 Å². The predicted molar refractivity (Wildman–Crippen MR) is 28.4 cm³/mol. The largest absolute Gasteiger partial charge is 0.312 e. The summed E-state index contributed by atoms with van der Waals surface area (Å²) in [5, 5.41) is 6.35. The molecule has 0 aromatic carbocycles. The van der Waals surface area contributed by atoms with Crippen molar-refractivity contribution in [3.63, 3.8) is 0 Å². The van der Waals surface area contributed by atoms with Crippen LogP contribution in [0.25, 0.3) is 0 Å². The Bertz CT molecular complexity index is 44.8. The van der Waals surface area contributed by atoms with E-state index in [4.69, 9.17) is 17.0 Å². The van der Waals surface area contributed by atoms with E-state index in [1.165, 1.54) is 6.21 Å². The first-order chi connectivity index (χ1) is 2.81. The lowest BCUT2D eigenvalue weighted by molar-refractivity contribution is 1.11. The quantitative estimate of drug-likeness (QED) is 0.405. The summed E-state index contributed by atoms with van der Waals surface area (Å²) in [4.78, 5) is 0. The molecular weight excluding hydrogens is 97.5 g/mol. The van der Waals surface area contributed by atoms with E-state index in [9.17, 15) is 0 Å². The minimum absolute atomic E-state index is 0.162. The van der Waals surface area contributed by atoms with Gasteiger partial charge in [-0.1, -0.05) is 6.92 Å². The summed E-state index contributed by atoms with van der Waals surface area (Å²) in [6.07, 6.45) is 1.78. The molecule has 0 rings (SSSR count). The van der Waals surface area contributed by atoms with Gasteiger partial charge in [-0.3, -0.25) is 0 Å². The van der Waals surface area contributed by atoms with Crippen LogP contribution in [0.3, 0.4) is 0 Å². The highest BCUT2D eigenvalue weighted by Gasteiger charge is 1.89. The molecule has 35 valence electrons. The molecule has 6 heavy (non-hydrogen) atoms. The second-order valence-electron chi connectivity index (χ2n) is 0.971. The summed E-state index contributed by atoms with van der Waals surface area (Å²) >= 11 is 5.34. The van der Waals surface area contributed by atoms with Gasteiger partial charge in [-0.15, -0.1) is 11.6 Å². The lowest BCUT2D eigenvalue weighted by Gasteiger charge is -1.89. The van der Waals surface area contributed by atoms with Gasteiger partial charge < -0.3 is 5.41 Å². The first-order valence-corrected chi connectivity index (χ1v) is 2.18. The second kappa shape index (κ2) is 3.16. The SMILES string of the molecule is [CH2]CC(Cl)C=N. The van der Waals surface area contributed by atoms with Crippen molar-refractivity contribution in [3.8, 4) is 0 Å². The van der Waals surface area contributed by atoms with Gasteiger partial charge in [0.05, 0.1) is 5.38 Å². The van der Waals surface area contributed by atoms with Crippen molar-refractivity contribution in [3.05, 3.63) is 6.92 Å². The van der Waals surface area contributed by atoms with E-state index in [0.717, 1.165) is 0 Å². The molecule has 0 bridgehead atoms. The number of nitrogens with one attached hydrogen (secondary N) is 1. The van der Waals surface area contributed by atoms with E-state index in [-0.39, 0.29) is 5.38 Å². The highest BCUT2D eigenvalue weighted by molar-refractivity contribution is 6.27. The van der Waals surface area contributed by atoms with Crippen LogP contribution in [0.5, 0.6) is 0 Å². The molecule has 0 saturated carbocycles. The molecule has 0 fully saturated rings. The van der Waals surface area contributed by atoms with Crippen molar-refractivity contribution in [2.24, 2.45) is 0 Å². The molecule has 0 heterocycles. The summed E-state index contributed by atoms with van der Waals surface area (Å²) in [6.45, 7) is 3.47. The van der Waals surface area contributed by atoms with Crippen LogP contribution >= 0.6 is 11.6 Å². The van der Waals surface area contributed by atoms with Crippen LogP contribution in [0.2, 0.25) is 0 Å². The Morgan fingerprint density at radius 3 is 2.50 bits per heavy atom. The Morgan fingerprint density at radius 1 is 2.00 bits per heavy atom.